The predicted octanol–water partition coefficient (Wildman–Crippen LogP) is 1.11. The van der Waals surface area contributed by atoms with E-state index in [-0.39, 0.29) is 31.5 Å². The van der Waals surface area contributed by atoms with E-state index in [1.54, 1.807) is 24.3 Å². The molecule has 1 fully saturated rings. The molecule has 9 nitrogen and oxygen atoms in total. The van der Waals surface area contributed by atoms with Gasteiger partial charge in [0, 0.05) is 12.6 Å². The molecular weight excluding hydrogens is 366 g/mol. The van der Waals surface area contributed by atoms with Crippen LogP contribution in [0.4, 0.5) is 10.5 Å². The molecule has 4 amide bonds. The third-order valence-corrected chi connectivity index (χ3v) is 4.66. The van der Waals surface area contributed by atoms with Crippen molar-refractivity contribution in [3.8, 4) is 5.75 Å². The summed E-state index contributed by atoms with van der Waals surface area (Å²) in [5.74, 6) is -1.02. The molecule has 1 aromatic carbocycles. The number of rotatable bonds is 6. The number of nitrogens with one attached hydrogen (secondary N) is 2. The highest BCUT2D eigenvalue weighted by Gasteiger charge is 2.26. The smallest absolute Gasteiger partial charge is 0.321 e. The highest BCUT2D eigenvalue weighted by molar-refractivity contribution is 5.98. The molecule has 3 rings (SSSR count). The third-order valence-electron chi connectivity index (χ3n) is 4.66. The van der Waals surface area contributed by atoms with Gasteiger partial charge in [-0.05, 0) is 25.0 Å². The lowest BCUT2D eigenvalue weighted by Crippen LogP contribution is -2.45. The van der Waals surface area contributed by atoms with Crippen LogP contribution in [-0.2, 0) is 19.1 Å². The minimum absolute atomic E-state index is 0.0817. The molecule has 0 saturated heterocycles. The number of carbonyl (C=O) groups is 4. The standard InChI is InChI=1S/C19H23N3O6/c23-16(21-19(26)20-13-5-1-2-6-13)11-28-18(25)9-10-22-14-7-3-4-8-15(14)27-12-17(22)24/h3-4,7-8,13H,1-2,5-6,9-12H2,(H2,20,21,23,26). The topological polar surface area (TPSA) is 114 Å². The number of imide groups is 1. The third kappa shape index (κ3) is 5.21. The van der Waals surface area contributed by atoms with Crippen LogP contribution in [0.1, 0.15) is 32.1 Å². The number of ether oxygens (including phenoxy) is 2. The summed E-state index contributed by atoms with van der Waals surface area (Å²) in [7, 11) is 0. The lowest BCUT2D eigenvalue weighted by Gasteiger charge is -2.28. The molecule has 1 aromatic rings. The van der Waals surface area contributed by atoms with Gasteiger partial charge in [0.05, 0.1) is 12.1 Å². The Morgan fingerprint density at radius 2 is 1.93 bits per heavy atom. The number of amides is 4. The van der Waals surface area contributed by atoms with Gasteiger partial charge in [0.15, 0.2) is 13.2 Å². The second kappa shape index (κ2) is 9.20. The van der Waals surface area contributed by atoms with E-state index in [2.05, 4.69) is 10.6 Å². The minimum atomic E-state index is -0.698. The van der Waals surface area contributed by atoms with Crippen LogP contribution in [0.3, 0.4) is 0 Å². The molecule has 0 aromatic heterocycles. The maximum atomic E-state index is 12.0. The van der Waals surface area contributed by atoms with Crippen molar-refractivity contribution in [1.82, 2.24) is 10.6 Å². The van der Waals surface area contributed by atoms with Crippen LogP contribution in [0, 0.1) is 0 Å². The van der Waals surface area contributed by atoms with Crippen molar-refractivity contribution in [2.24, 2.45) is 0 Å². The monoisotopic (exact) mass is 389 g/mol. The van der Waals surface area contributed by atoms with Gasteiger partial charge in [-0.2, -0.15) is 0 Å². The number of carbonyl (C=O) groups excluding carboxylic acids is 4. The number of esters is 1. The molecular formula is C19H23N3O6. The molecule has 1 aliphatic carbocycles. The van der Waals surface area contributed by atoms with Crippen molar-refractivity contribution < 1.29 is 28.7 Å². The zero-order chi connectivity index (χ0) is 19.9. The molecule has 0 radical (unpaired) electrons. The molecule has 0 spiro atoms. The molecule has 0 unspecified atom stereocenters. The Morgan fingerprint density at radius 3 is 2.71 bits per heavy atom. The maximum absolute atomic E-state index is 12.0. The Bertz CT molecular complexity index is 760. The van der Waals surface area contributed by atoms with Gasteiger partial charge in [0.25, 0.3) is 11.8 Å². The van der Waals surface area contributed by atoms with Crippen molar-refractivity contribution in [2.75, 3.05) is 24.7 Å². The van der Waals surface area contributed by atoms with Crippen LogP contribution in [0.25, 0.3) is 0 Å². The van der Waals surface area contributed by atoms with Crippen LogP contribution in [0.15, 0.2) is 24.3 Å². The van der Waals surface area contributed by atoms with Crippen LogP contribution >= 0.6 is 0 Å². The van der Waals surface area contributed by atoms with Crippen LogP contribution in [-0.4, -0.2) is 49.6 Å². The minimum Gasteiger partial charge on any atom is -0.482 e. The van der Waals surface area contributed by atoms with Crippen LogP contribution in [0.2, 0.25) is 0 Å². The van der Waals surface area contributed by atoms with Crippen molar-refractivity contribution in [3.05, 3.63) is 24.3 Å². The first-order chi connectivity index (χ1) is 13.5. The van der Waals surface area contributed by atoms with E-state index in [0.29, 0.717) is 11.4 Å². The number of hydrogen-bond acceptors (Lipinski definition) is 6. The predicted molar refractivity (Wildman–Crippen MR) is 98.8 cm³/mol. The lowest BCUT2D eigenvalue weighted by atomic mass is 10.2. The average Bonchev–Trinajstić information content (AvgIpc) is 3.18. The van der Waals surface area contributed by atoms with Gasteiger partial charge in [-0.1, -0.05) is 25.0 Å². The van der Waals surface area contributed by atoms with Crippen molar-refractivity contribution in [1.29, 1.82) is 0 Å². The van der Waals surface area contributed by atoms with Gasteiger partial charge in [-0.25, -0.2) is 4.79 Å². The Morgan fingerprint density at radius 1 is 1.18 bits per heavy atom. The lowest BCUT2D eigenvalue weighted by molar-refractivity contribution is -0.148. The molecule has 28 heavy (non-hydrogen) atoms. The van der Waals surface area contributed by atoms with Crippen molar-refractivity contribution >= 4 is 29.5 Å². The van der Waals surface area contributed by atoms with Gasteiger partial charge in [-0.3, -0.25) is 19.7 Å². The summed E-state index contributed by atoms with van der Waals surface area (Å²) in [6.45, 7) is -0.531. The maximum Gasteiger partial charge on any atom is 0.321 e. The van der Waals surface area contributed by atoms with E-state index < -0.39 is 24.5 Å². The van der Waals surface area contributed by atoms with E-state index in [9.17, 15) is 19.2 Å². The second-order valence-electron chi connectivity index (χ2n) is 6.72. The van der Waals surface area contributed by atoms with E-state index in [4.69, 9.17) is 9.47 Å². The summed E-state index contributed by atoms with van der Waals surface area (Å²) < 4.78 is 10.2. The number of para-hydroxylation sites is 2. The average molecular weight is 389 g/mol. The Labute approximate surface area is 162 Å². The van der Waals surface area contributed by atoms with Gasteiger partial charge in [-0.15, -0.1) is 0 Å². The fourth-order valence-corrected chi connectivity index (χ4v) is 3.27. The molecule has 9 heteroatoms. The first-order valence-corrected chi connectivity index (χ1v) is 9.31. The molecule has 2 N–H and O–H groups in total. The highest BCUT2D eigenvalue weighted by Crippen LogP contribution is 2.31. The highest BCUT2D eigenvalue weighted by atomic mass is 16.5. The first-order valence-electron chi connectivity index (χ1n) is 9.31. The summed E-state index contributed by atoms with van der Waals surface area (Å²) in [5.41, 5.74) is 0.591. The normalized spacial score (nSPS) is 16.1. The van der Waals surface area contributed by atoms with Crippen molar-refractivity contribution in [3.63, 3.8) is 0 Å². The fraction of sp³-hybridized carbons (Fsp3) is 0.474. The molecule has 150 valence electrons. The quantitative estimate of drug-likeness (QED) is 0.705. The Kier molecular flexibility index (Phi) is 6.46. The molecule has 1 aliphatic heterocycles. The van der Waals surface area contributed by atoms with E-state index in [1.807, 2.05) is 0 Å². The summed E-state index contributed by atoms with van der Waals surface area (Å²) in [6.07, 6.45) is 3.85. The fourth-order valence-electron chi connectivity index (χ4n) is 3.27. The van der Waals surface area contributed by atoms with E-state index in [1.165, 1.54) is 4.90 Å². The number of anilines is 1. The zero-order valence-electron chi connectivity index (χ0n) is 15.4. The number of hydrogen-bond donors (Lipinski definition) is 2. The zero-order valence-corrected chi connectivity index (χ0v) is 15.4. The summed E-state index contributed by atoms with van der Waals surface area (Å²) >= 11 is 0. The SMILES string of the molecule is O=C(COC(=O)CCN1C(=O)COc2ccccc21)NC(=O)NC1CCCC1. The number of nitrogens with zero attached hydrogens (tertiary/aromatic N) is 1. The van der Waals surface area contributed by atoms with Gasteiger partial charge in [0.1, 0.15) is 5.75 Å². The number of benzene rings is 1. The second-order valence-corrected chi connectivity index (χ2v) is 6.72. The van der Waals surface area contributed by atoms with E-state index >= 15 is 0 Å². The Hall–Kier alpha value is -3.10. The summed E-state index contributed by atoms with van der Waals surface area (Å²) in [5, 5.41) is 4.85. The largest absolute Gasteiger partial charge is 0.482 e. The number of urea groups is 1. The van der Waals surface area contributed by atoms with Gasteiger partial charge < -0.3 is 19.7 Å². The molecule has 0 bridgehead atoms. The molecule has 1 saturated carbocycles. The summed E-state index contributed by atoms with van der Waals surface area (Å²) in [4.78, 5) is 48.8. The van der Waals surface area contributed by atoms with Crippen LogP contribution < -0.4 is 20.3 Å². The number of fused-ring (bicyclic) bond motifs is 1. The summed E-state index contributed by atoms with van der Waals surface area (Å²) in [6, 6.07) is 6.55. The molecule has 0 atom stereocenters. The first kappa shape index (κ1) is 19.7. The van der Waals surface area contributed by atoms with Crippen LogP contribution in [0.5, 0.6) is 5.75 Å². The van der Waals surface area contributed by atoms with E-state index in [0.717, 1.165) is 25.7 Å². The molecule has 1 heterocycles. The van der Waals surface area contributed by atoms with Gasteiger partial charge in [0.2, 0.25) is 0 Å². The molecule has 2 aliphatic rings. The van der Waals surface area contributed by atoms with Crippen molar-refractivity contribution in [2.45, 2.75) is 38.1 Å². The Balaban J connectivity index is 1.39. The van der Waals surface area contributed by atoms with Gasteiger partial charge >= 0.3 is 12.0 Å².